The Morgan fingerprint density at radius 3 is 2.71 bits per heavy atom. The molecule has 0 aromatic carbocycles. The average Bonchev–Trinajstić information content (AvgIpc) is 2.46. The molecule has 14 heavy (non-hydrogen) atoms. The first-order valence-electron chi connectivity index (χ1n) is 3.93. The van der Waals surface area contributed by atoms with Gasteiger partial charge in [0.05, 0.1) is 10.7 Å². The lowest BCUT2D eigenvalue weighted by Crippen LogP contribution is -2.15. The summed E-state index contributed by atoms with van der Waals surface area (Å²) in [6.45, 7) is 1.70. The van der Waals surface area contributed by atoms with E-state index in [1.165, 1.54) is 16.7 Å². The van der Waals surface area contributed by atoms with E-state index in [0.29, 0.717) is 5.01 Å². The fourth-order valence-corrected chi connectivity index (χ4v) is 1.73. The highest BCUT2D eigenvalue weighted by molar-refractivity contribution is 7.09. The summed E-state index contributed by atoms with van der Waals surface area (Å²) in [5.74, 6) is -2.45. The van der Waals surface area contributed by atoms with E-state index in [-0.39, 0.29) is 5.69 Å². The van der Waals surface area contributed by atoms with Crippen molar-refractivity contribution in [1.29, 1.82) is 0 Å². The average molecular weight is 221 g/mol. The highest BCUT2D eigenvalue weighted by atomic mass is 32.1. The lowest BCUT2D eigenvalue weighted by Gasteiger charge is -2.08. The van der Waals surface area contributed by atoms with Crippen molar-refractivity contribution in [2.75, 3.05) is 0 Å². The zero-order chi connectivity index (χ0) is 10.7. The Kier molecular flexibility index (Phi) is 3.51. The Hall–Kier alpha value is -1.04. The number of carboxylic acids is 1. The van der Waals surface area contributed by atoms with Crippen LogP contribution in [0.3, 0.4) is 0 Å². The number of halogens is 2. The molecule has 0 spiro atoms. The largest absolute Gasteiger partial charge is 0.481 e. The second-order valence-electron chi connectivity index (χ2n) is 2.81. The lowest BCUT2D eigenvalue weighted by molar-refractivity contribution is -0.140. The van der Waals surface area contributed by atoms with Crippen molar-refractivity contribution in [3.8, 4) is 0 Å². The number of nitrogens with zero attached hydrogens (tertiary/aromatic N) is 1. The zero-order valence-corrected chi connectivity index (χ0v) is 8.22. The highest BCUT2D eigenvalue weighted by Crippen LogP contribution is 2.24. The Morgan fingerprint density at radius 2 is 2.36 bits per heavy atom. The van der Waals surface area contributed by atoms with Gasteiger partial charge in [-0.1, -0.05) is 0 Å². The monoisotopic (exact) mass is 221 g/mol. The molecule has 1 N–H and O–H groups in total. The van der Waals surface area contributed by atoms with E-state index in [1.54, 1.807) is 6.92 Å². The van der Waals surface area contributed by atoms with Gasteiger partial charge in [0, 0.05) is 11.8 Å². The normalized spacial score (nSPS) is 13.1. The van der Waals surface area contributed by atoms with Gasteiger partial charge in [0.25, 0.3) is 0 Å². The van der Waals surface area contributed by atoms with Crippen LogP contribution in [0.1, 0.15) is 23.0 Å². The van der Waals surface area contributed by atoms with Gasteiger partial charge in [-0.15, -0.1) is 11.3 Å². The number of aryl methyl sites for hydroxylation is 1. The molecule has 0 saturated carbocycles. The van der Waals surface area contributed by atoms with Gasteiger partial charge in [0.2, 0.25) is 6.43 Å². The smallest absolute Gasteiger partial charge is 0.312 e. The molecule has 1 rings (SSSR count). The molecule has 3 nitrogen and oxygen atoms in total. The van der Waals surface area contributed by atoms with Crippen LogP contribution in [-0.4, -0.2) is 22.5 Å². The fourth-order valence-electron chi connectivity index (χ4n) is 1.07. The first-order chi connectivity index (χ1) is 6.50. The molecule has 0 aliphatic rings. The quantitative estimate of drug-likeness (QED) is 0.848. The third-order valence-electron chi connectivity index (χ3n) is 1.71. The molecule has 0 amide bonds. The van der Waals surface area contributed by atoms with Gasteiger partial charge in [-0.25, -0.2) is 13.8 Å². The number of thiazole rings is 1. The fraction of sp³-hybridized carbons (Fsp3) is 0.500. The number of carboxylic acid groups (broad SMARTS) is 1. The molecular formula is C8H9F2NO2S. The summed E-state index contributed by atoms with van der Waals surface area (Å²) in [5, 5.41) is 10.9. The summed E-state index contributed by atoms with van der Waals surface area (Å²) in [6.07, 6.45) is -3.31. The minimum absolute atomic E-state index is 0.223. The predicted molar refractivity (Wildman–Crippen MR) is 47.8 cm³/mol. The van der Waals surface area contributed by atoms with Gasteiger partial charge in [-0.2, -0.15) is 0 Å². The second-order valence-corrected chi connectivity index (χ2v) is 3.87. The molecule has 0 radical (unpaired) electrons. The number of aromatic nitrogens is 1. The molecule has 0 aliphatic heterocycles. The molecule has 1 aromatic rings. The van der Waals surface area contributed by atoms with Crippen LogP contribution in [-0.2, 0) is 4.79 Å². The summed E-state index contributed by atoms with van der Waals surface area (Å²) in [5.41, 5.74) is 0.223. The molecule has 1 aromatic heterocycles. The Morgan fingerprint density at radius 1 is 1.71 bits per heavy atom. The van der Waals surface area contributed by atoms with E-state index in [0.717, 1.165) is 0 Å². The minimum Gasteiger partial charge on any atom is -0.481 e. The molecule has 6 heteroatoms. The first kappa shape index (κ1) is 11.0. The predicted octanol–water partition coefficient (Wildman–Crippen LogP) is 2.27. The third-order valence-corrected chi connectivity index (χ3v) is 2.50. The van der Waals surface area contributed by atoms with Gasteiger partial charge in [-0.3, -0.25) is 4.79 Å². The van der Waals surface area contributed by atoms with Crippen LogP contribution in [0.25, 0.3) is 0 Å². The number of hydrogen-bond donors (Lipinski definition) is 1. The van der Waals surface area contributed by atoms with Crippen molar-refractivity contribution in [3.63, 3.8) is 0 Å². The number of alkyl halides is 2. The minimum atomic E-state index is -2.63. The summed E-state index contributed by atoms with van der Waals surface area (Å²) >= 11 is 1.26. The van der Waals surface area contributed by atoms with E-state index in [2.05, 4.69) is 4.98 Å². The molecule has 1 unspecified atom stereocenters. The summed E-state index contributed by atoms with van der Waals surface area (Å²) in [6, 6.07) is 0. The number of carbonyl (C=O) groups is 1. The van der Waals surface area contributed by atoms with Crippen LogP contribution in [0.15, 0.2) is 5.38 Å². The van der Waals surface area contributed by atoms with Crippen molar-refractivity contribution in [2.45, 2.75) is 25.7 Å². The van der Waals surface area contributed by atoms with Crippen LogP contribution in [0.2, 0.25) is 0 Å². The van der Waals surface area contributed by atoms with E-state index in [9.17, 15) is 13.6 Å². The maximum absolute atomic E-state index is 12.0. The second kappa shape index (κ2) is 4.45. The van der Waals surface area contributed by atoms with Crippen molar-refractivity contribution in [2.24, 2.45) is 0 Å². The van der Waals surface area contributed by atoms with Crippen molar-refractivity contribution in [3.05, 3.63) is 16.1 Å². The standard InChI is InChI=1S/C8H9F2NO2S/c1-4-11-6(3-14-4)5(8(12)13)2-7(9)10/h3,5,7H,2H2,1H3,(H,12,13). The number of hydrogen-bond acceptors (Lipinski definition) is 3. The molecule has 0 aliphatic carbocycles. The van der Waals surface area contributed by atoms with Crippen molar-refractivity contribution >= 4 is 17.3 Å². The summed E-state index contributed by atoms with van der Waals surface area (Å²) < 4.78 is 24.1. The Bertz CT molecular complexity index is 327. The zero-order valence-electron chi connectivity index (χ0n) is 7.41. The Labute approximate surface area is 83.4 Å². The topological polar surface area (TPSA) is 50.2 Å². The first-order valence-corrected chi connectivity index (χ1v) is 4.81. The van der Waals surface area contributed by atoms with Gasteiger partial charge < -0.3 is 5.11 Å². The lowest BCUT2D eigenvalue weighted by atomic mass is 10.0. The molecule has 1 atom stereocenters. The maximum atomic E-state index is 12.0. The third kappa shape index (κ3) is 2.73. The van der Waals surface area contributed by atoms with Crippen LogP contribution in [0.5, 0.6) is 0 Å². The van der Waals surface area contributed by atoms with Crippen LogP contribution >= 0.6 is 11.3 Å². The van der Waals surface area contributed by atoms with Crippen molar-refractivity contribution in [1.82, 2.24) is 4.98 Å². The molecule has 78 valence electrons. The Balaban J connectivity index is 2.83. The van der Waals surface area contributed by atoms with E-state index in [1.807, 2.05) is 0 Å². The summed E-state index contributed by atoms with van der Waals surface area (Å²) in [4.78, 5) is 14.6. The molecule has 1 heterocycles. The van der Waals surface area contributed by atoms with Gasteiger partial charge in [0.1, 0.15) is 5.92 Å². The van der Waals surface area contributed by atoms with Gasteiger partial charge >= 0.3 is 5.97 Å². The van der Waals surface area contributed by atoms with E-state index >= 15 is 0 Å². The molecule has 0 fully saturated rings. The number of aliphatic carboxylic acids is 1. The SMILES string of the molecule is Cc1nc(C(CC(F)F)C(=O)O)cs1. The number of rotatable bonds is 4. The summed E-state index contributed by atoms with van der Waals surface area (Å²) in [7, 11) is 0. The highest BCUT2D eigenvalue weighted by Gasteiger charge is 2.26. The van der Waals surface area contributed by atoms with Gasteiger partial charge in [-0.05, 0) is 6.92 Å². The van der Waals surface area contributed by atoms with Gasteiger partial charge in [0.15, 0.2) is 0 Å². The van der Waals surface area contributed by atoms with E-state index in [4.69, 9.17) is 5.11 Å². The maximum Gasteiger partial charge on any atom is 0.312 e. The van der Waals surface area contributed by atoms with E-state index < -0.39 is 24.7 Å². The molecule has 0 bridgehead atoms. The van der Waals surface area contributed by atoms with Crippen LogP contribution in [0.4, 0.5) is 8.78 Å². The molecule has 0 saturated heterocycles. The molecular weight excluding hydrogens is 212 g/mol. The van der Waals surface area contributed by atoms with Crippen molar-refractivity contribution < 1.29 is 18.7 Å². The van der Waals surface area contributed by atoms with Crippen LogP contribution in [0, 0.1) is 6.92 Å². The van der Waals surface area contributed by atoms with Crippen LogP contribution < -0.4 is 0 Å².